The molecule has 0 bridgehead atoms. The lowest BCUT2D eigenvalue weighted by atomic mass is 10.1. The zero-order valence-electron chi connectivity index (χ0n) is 16.0. The largest absolute Gasteiger partial charge is 0.382 e. The Kier molecular flexibility index (Phi) is 4.50. The van der Waals surface area contributed by atoms with Crippen molar-refractivity contribution in [3.63, 3.8) is 0 Å². The zero-order valence-corrected chi connectivity index (χ0v) is 16.8. The predicted molar refractivity (Wildman–Crippen MR) is 112 cm³/mol. The lowest BCUT2D eigenvalue weighted by molar-refractivity contribution is 0.586. The summed E-state index contributed by atoms with van der Waals surface area (Å²) >= 11 is 0. The minimum atomic E-state index is -3.10. The SMILES string of the molecule is Cc1ccccc1-n1cc(-c2ccn(CCS(C)(=O)=O)n2)c2[nH]nc(N)c2c1=O. The van der Waals surface area contributed by atoms with Gasteiger partial charge >= 0.3 is 0 Å². The fraction of sp³-hybridized carbons (Fsp3) is 0.211. The van der Waals surface area contributed by atoms with E-state index in [2.05, 4.69) is 15.3 Å². The van der Waals surface area contributed by atoms with Gasteiger partial charge in [0.1, 0.15) is 15.2 Å². The van der Waals surface area contributed by atoms with Crippen molar-refractivity contribution in [1.82, 2.24) is 24.5 Å². The van der Waals surface area contributed by atoms with Gasteiger partial charge in [-0.05, 0) is 24.6 Å². The molecule has 0 aliphatic heterocycles. The maximum Gasteiger partial charge on any atom is 0.268 e. The Hall–Kier alpha value is -3.40. The molecule has 3 aromatic heterocycles. The van der Waals surface area contributed by atoms with Crippen molar-refractivity contribution in [1.29, 1.82) is 0 Å². The first-order chi connectivity index (χ1) is 13.7. The Morgan fingerprint density at radius 2 is 1.97 bits per heavy atom. The van der Waals surface area contributed by atoms with Crippen molar-refractivity contribution in [2.24, 2.45) is 0 Å². The van der Waals surface area contributed by atoms with Crippen LogP contribution in [-0.2, 0) is 16.4 Å². The van der Waals surface area contributed by atoms with Crippen LogP contribution < -0.4 is 11.3 Å². The van der Waals surface area contributed by atoms with Crippen LogP contribution in [0.15, 0.2) is 47.5 Å². The van der Waals surface area contributed by atoms with E-state index in [-0.39, 0.29) is 29.1 Å². The Balaban J connectivity index is 1.90. The van der Waals surface area contributed by atoms with Crippen LogP contribution in [0.2, 0.25) is 0 Å². The first-order valence-electron chi connectivity index (χ1n) is 8.91. The summed E-state index contributed by atoms with van der Waals surface area (Å²) in [6.07, 6.45) is 4.59. The van der Waals surface area contributed by atoms with Gasteiger partial charge in [0, 0.05) is 24.2 Å². The monoisotopic (exact) mass is 412 g/mol. The number of nitrogens with one attached hydrogen (secondary N) is 1. The topological polar surface area (TPSA) is 129 Å². The molecule has 0 radical (unpaired) electrons. The minimum absolute atomic E-state index is 0.0107. The molecule has 4 aromatic rings. The number of rotatable bonds is 5. The molecule has 0 fully saturated rings. The lowest BCUT2D eigenvalue weighted by Crippen LogP contribution is -2.19. The summed E-state index contributed by atoms with van der Waals surface area (Å²) in [6.45, 7) is 2.16. The molecule has 3 N–H and O–H groups in total. The summed E-state index contributed by atoms with van der Waals surface area (Å²) in [5, 5.41) is 11.6. The molecule has 29 heavy (non-hydrogen) atoms. The normalized spacial score (nSPS) is 11.9. The van der Waals surface area contributed by atoms with E-state index >= 15 is 0 Å². The minimum Gasteiger partial charge on any atom is -0.382 e. The van der Waals surface area contributed by atoms with Crippen LogP contribution in [0, 0.1) is 6.92 Å². The van der Waals surface area contributed by atoms with Crippen LogP contribution >= 0.6 is 0 Å². The standard InChI is InChI=1S/C19H20N6O3S/c1-12-5-3-4-6-15(12)25-11-13(17-16(19(25)26)18(20)22-21-17)14-7-8-24(23-14)9-10-29(2,27)28/h3-8,11H,9-10H2,1-2H3,(H3,20,21,22). The van der Waals surface area contributed by atoms with Crippen molar-refractivity contribution in [3.05, 3.63) is 58.6 Å². The summed E-state index contributed by atoms with van der Waals surface area (Å²) in [5.74, 6) is 0.106. The molecule has 0 unspecified atom stereocenters. The van der Waals surface area contributed by atoms with Gasteiger partial charge in [0.25, 0.3) is 5.56 Å². The lowest BCUT2D eigenvalue weighted by Gasteiger charge is -2.11. The Morgan fingerprint density at radius 1 is 1.21 bits per heavy atom. The molecule has 4 rings (SSSR count). The van der Waals surface area contributed by atoms with E-state index in [0.717, 1.165) is 11.3 Å². The van der Waals surface area contributed by atoms with Crippen LogP contribution in [-0.4, -0.2) is 45.0 Å². The number of anilines is 1. The number of hydrogen-bond donors (Lipinski definition) is 2. The first kappa shape index (κ1) is 18.9. The predicted octanol–water partition coefficient (Wildman–Crippen LogP) is 1.51. The van der Waals surface area contributed by atoms with Crippen molar-refractivity contribution in [2.45, 2.75) is 13.5 Å². The van der Waals surface area contributed by atoms with E-state index < -0.39 is 9.84 Å². The van der Waals surface area contributed by atoms with Gasteiger partial charge in [-0.15, -0.1) is 0 Å². The highest BCUT2D eigenvalue weighted by Gasteiger charge is 2.18. The number of para-hydroxylation sites is 1. The van der Waals surface area contributed by atoms with Crippen LogP contribution in [0.3, 0.4) is 0 Å². The molecule has 0 spiro atoms. The molecule has 9 nitrogen and oxygen atoms in total. The number of nitrogens with zero attached hydrogens (tertiary/aromatic N) is 4. The van der Waals surface area contributed by atoms with Crippen LogP contribution in [0.25, 0.3) is 27.8 Å². The highest BCUT2D eigenvalue weighted by Crippen LogP contribution is 2.27. The average Bonchev–Trinajstić information content (AvgIpc) is 3.28. The summed E-state index contributed by atoms with van der Waals surface area (Å²) in [5.41, 5.74) is 9.06. The van der Waals surface area contributed by atoms with Gasteiger partial charge in [-0.1, -0.05) is 18.2 Å². The Bertz CT molecular complexity index is 1380. The molecule has 1 aromatic carbocycles. The molecule has 10 heteroatoms. The highest BCUT2D eigenvalue weighted by molar-refractivity contribution is 7.90. The van der Waals surface area contributed by atoms with Crippen LogP contribution in [0.4, 0.5) is 5.82 Å². The van der Waals surface area contributed by atoms with E-state index in [9.17, 15) is 13.2 Å². The smallest absolute Gasteiger partial charge is 0.268 e. The van der Waals surface area contributed by atoms with Gasteiger partial charge in [0.05, 0.1) is 29.2 Å². The molecule has 0 saturated carbocycles. The number of aromatic nitrogens is 5. The van der Waals surface area contributed by atoms with Gasteiger partial charge in [0.2, 0.25) is 0 Å². The number of H-pyrrole nitrogens is 1. The first-order valence-corrected chi connectivity index (χ1v) is 11.0. The van der Waals surface area contributed by atoms with E-state index in [1.165, 1.54) is 10.8 Å². The second-order valence-corrected chi connectivity index (χ2v) is 9.22. The van der Waals surface area contributed by atoms with E-state index in [1.807, 2.05) is 31.2 Å². The third-order valence-electron chi connectivity index (χ3n) is 4.74. The van der Waals surface area contributed by atoms with Crippen molar-refractivity contribution in [2.75, 3.05) is 17.7 Å². The third kappa shape index (κ3) is 3.54. The van der Waals surface area contributed by atoms with Gasteiger partial charge in [-0.3, -0.25) is 19.1 Å². The zero-order chi connectivity index (χ0) is 20.8. The van der Waals surface area contributed by atoms with Gasteiger partial charge in [-0.25, -0.2) is 8.42 Å². The summed E-state index contributed by atoms with van der Waals surface area (Å²) in [7, 11) is -3.10. The van der Waals surface area contributed by atoms with Crippen molar-refractivity contribution < 1.29 is 8.42 Å². The van der Waals surface area contributed by atoms with Crippen LogP contribution in [0.1, 0.15) is 5.56 Å². The molecular weight excluding hydrogens is 392 g/mol. The van der Waals surface area contributed by atoms with Crippen LogP contribution in [0.5, 0.6) is 0 Å². The molecular formula is C19H20N6O3S. The molecule has 3 heterocycles. The molecule has 0 atom stereocenters. The number of benzene rings is 1. The average molecular weight is 412 g/mol. The number of hydrogen-bond acceptors (Lipinski definition) is 6. The van der Waals surface area contributed by atoms with Crippen molar-refractivity contribution in [3.8, 4) is 16.9 Å². The van der Waals surface area contributed by atoms with Gasteiger partial charge in [0.15, 0.2) is 5.82 Å². The number of aromatic amines is 1. The van der Waals surface area contributed by atoms with E-state index in [1.54, 1.807) is 23.1 Å². The fourth-order valence-corrected chi connectivity index (χ4v) is 3.75. The van der Waals surface area contributed by atoms with Crippen molar-refractivity contribution >= 4 is 26.6 Å². The summed E-state index contributed by atoms with van der Waals surface area (Å²) in [4.78, 5) is 13.1. The number of pyridine rings is 1. The molecule has 150 valence electrons. The number of aryl methyl sites for hydroxylation is 2. The van der Waals surface area contributed by atoms with E-state index in [0.29, 0.717) is 16.8 Å². The Morgan fingerprint density at radius 3 is 2.69 bits per heavy atom. The number of nitrogen functional groups attached to an aromatic ring is 1. The van der Waals surface area contributed by atoms with Gasteiger partial charge < -0.3 is 5.73 Å². The quantitative estimate of drug-likeness (QED) is 0.511. The molecule has 0 aliphatic rings. The second kappa shape index (κ2) is 6.89. The fourth-order valence-electron chi connectivity index (χ4n) is 3.24. The van der Waals surface area contributed by atoms with Gasteiger partial charge in [-0.2, -0.15) is 10.2 Å². The maximum atomic E-state index is 13.1. The number of sulfone groups is 1. The molecule has 0 aliphatic carbocycles. The maximum absolute atomic E-state index is 13.1. The number of fused-ring (bicyclic) bond motifs is 1. The van der Waals surface area contributed by atoms with E-state index in [4.69, 9.17) is 5.73 Å². The summed E-state index contributed by atoms with van der Waals surface area (Å²) < 4.78 is 25.9. The summed E-state index contributed by atoms with van der Waals surface area (Å²) in [6, 6.07) is 9.30. The highest BCUT2D eigenvalue weighted by atomic mass is 32.2. The third-order valence-corrected chi connectivity index (χ3v) is 5.66. The molecule has 0 saturated heterocycles. The number of nitrogens with two attached hydrogens (primary N) is 1. The molecule has 0 amide bonds. The second-order valence-electron chi connectivity index (χ2n) is 6.96. The Labute approximate surface area is 166 Å².